The molecule has 6 nitrogen and oxygen atoms in total. The molecule has 0 aromatic heterocycles. The van der Waals surface area contributed by atoms with E-state index in [-0.39, 0.29) is 6.04 Å². The van der Waals surface area contributed by atoms with Gasteiger partial charge in [0.1, 0.15) is 0 Å². The van der Waals surface area contributed by atoms with Gasteiger partial charge in [0.15, 0.2) is 0 Å². The zero-order chi connectivity index (χ0) is 9.52. The summed E-state index contributed by atoms with van der Waals surface area (Å²) in [4.78, 5) is 9.85. The Morgan fingerprint density at radius 2 is 1.85 bits per heavy atom. The van der Waals surface area contributed by atoms with E-state index in [0.29, 0.717) is 0 Å². The van der Waals surface area contributed by atoms with Crippen LogP contribution in [0.1, 0.15) is 6.42 Å². The molecule has 5 N–H and O–H groups in total. The lowest BCUT2D eigenvalue weighted by atomic mass is 10.2. The van der Waals surface area contributed by atoms with Crippen LogP contribution in [0.4, 0.5) is 4.79 Å². The Labute approximate surface area is 77.0 Å². The second-order valence-corrected chi connectivity index (χ2v) is 3.03. The highest BCUT2D eigenvalue weighted by Crippen LogP contribution is 1.86. The van der Waals surface area contributed by atoms with Crippen LogP contribution in [0, 0.1) is 0 Å². The zero-order valence-electron chi connectivity index (χ0n) is 7.47. The van der Waals surface area contributed by atoms with Crippen molar-refractivity contribution in [3.05, 3.63) is 0 Å². The van der Waals surface area contributed by atoms with Crippen molar-refractivity contribution in [3.8, 4) is 0 Å². The molecule has 0 unspecified atom stereocenters. The van der Waals surface area contributed by atoms with Crippen molar-refractivity contribution >= 4 is 6.09 Å². The smallest absolute Gasteiger partial charge is 0.419 e. The normalized spacial score (nSPS) is 20.3. The van der Waals surface area contributed by atoms with Crippen molar-refractivity contribution in [1.29, 1.82) is 0 Å². The van der Waals surface area contributed by atoms with Crippen LogP contribution in [0.3, 0.4) is 0 Å². The van der Waals surface area contributed by atoms with E-state index >= 15 is 0 Å². The first-order valence-corrected chi connectivity index (χ1v) is 4.45. The van der Waals surface area contributed by atoms with Crippen molar-refractivity contribution in [2.45, 2.75) is 12.5 Å². The fourth-order valence-corrected chi connectivity index (χ4v) is 0.731. The van der Waals surface area contributed by atoms with Crippen LogP contribution in [-0.4, -0.2) is 43.4 Å². The Kier molecular flexibility index (Phi) is 4.52. The second kappa shape index (κ2) is 5.74. The Hall–Kier alpha value is -0.850. The SMILES string of the molecule is C1CNC1.O=C(O)NNC1CNC1. The van der Waals surface area contributed by atoms with E-state index in [2.05, 4.69) is 21.5 Å². The van der Waals surface area contributed by atoms with Gasteiger partial charge in [-0.3, -0.25) is 5.43 Å². The van der Waals surface area contributed by atoms with E-state index in [9.17, 15) is 4.79 Å². The van der Waals surface area contributed by atoms with E-state index < -0.39 is 6.09 Å². The molecule has 76 valence electrons. The van der Waals surface area contributed by atoms with Crippen LogP contribution in [0.5, 0.6) is 0 Å². The summed E-state index contributed by atoms with van der Waals surface area (Å²) in [6.07, 6.45) is 0.349. The fraction of sp³-hybridized carbons (Fsp3) is 0.857. The quantitative estimate of drug-likeness (QED) is 0.348. The molecule has 2 heterocycles. The van der Waals surface area contributed by atoms with Crippen molar-refractivity contribution < 1.29 is 9.90 Å². The topological polar surface area (TPSA) is 85.4 Å². The molecule has 0 aromatic carbocycles. The minimum absolute atomic E-state index is 0.265. The van der Waals surface area contributed by atoms with Gasteiger partial charge in [0.05, 0.1) is 6.04 Å². The maximum absolute atomic E-state index is 9.85. The van der Waals surface area contributed by atoms with Crippen LogP contribution in [0.2, 0.25) is 0 Å². The Bertz CT molecular complexity index is 153. The monoisotopic (exact) mass is 188 g/mol. The van der Waals surface area contributed by atoms with Crippen LogP contribution < -0.4 is 21.5 Å². The zero-order valence-corrected chi connectivity index (χ0v) is 7.47. The second-order valence-electron chi connectivity index (χ2n) is 3.03. The van der Waals surface area contributed by atoms with Gasteiger partial charge < -0.3 is 15.7 Å². The number of carbonyl (C=O) groups is 1. The maximum Gasteiger partial charge on any atom is 0.419 e. The van der Waals surface area contributed by atoms with Crippen molar-refractivity contribution in [2.75, 3.05) is 26.2 Å². The summed E-state index contributed by atoms with van der Waals surface area (Å²) >= 11 is 0. The molecule has 0 spiro atoms. The van der Waals surface area contributed by atoms with E-state index in [1.165, 1.54) is 19.5 Å². The minimum Gasteiger partial charge on any atom is -0.464 e. The summed E-state index contributed by atoms with van der Waals surface area (Å²) in [7, 11) is 0. The highest BCUT2D eigenvalue weighted by molar-refractivity contribution is 5.63. The molecule has 0 atom stereocenters. The molecule has 1 amide bonds. The lowest BCUT2D eigenvalue weighted by Gasteiger charge is -2.27. The van der Waals surface area contributed by atoms with Crippen molar-refractivity contribution in [3.63, 3.8) is 0 Å². The van der Waals surface area contributed by atoms with E-state index in [4.69, 9.17) is 5.11 Å². The average Bonchev–Trinajstić information content (AvgIpc) is 1.78. The summed E-state index contributed by atoms with van der Waals surface area (Å²) in [5, 5.41) is 14.2. The largest absolute Gasteiger partial charge is 0.464 e. The van der Waals surface area contributed by atoms with E-state index in [1.807, 2.05) is 0 Å². The first kappa shape index (κ1) is 10.2. The third-order valence-electron chi connectivity index (χ3n) is 1.87. The van der Waals surface area contributed by atoms with Crippen LogP contribution in [-0.2, 0) is 0 Å². The predicted octanol–water partition coefficient (Wildman–Crippen LogP) is -1.29. The molecular weight excluding hydrogens is 172 g/mol. The fourth-order valence-electron chi connectivity index (χ4n) is 0.731. The van der Waals surface area contributed by atoms with Crippen molar-refractivity contribution in [1.82, 2.24) is 21.5 Å². The average molecular weight is 188 g/mol. The van der Waals surface area contributed by atoms with Crippen molar-refractivity contribution in [2.24, 2.45) is 0 Å². The number of rotatable bonds is 2. The summed E-state index contributed by atoms with van der Waals surface area (Å²) in [6.45, 7) is 4.17. The number of nitrogens with one attached hydrogen (secondary N) is 4. The number of amides is 1. The minimum atomic E-state index is -1.04. The molecule has 0 aromatic rings. The summed E-state index contributed by atoms with van der Waals surface area (Å²) < 4.78 is 0. The standard InChI is InChI=1S/C4H9N3O2.C3H7N/c8-4(9)7-6-3-1-5-2-3;1-2-4-3-1/h3,5-7H,1-2H2,(H,8,9);4H,1-3H2. The lowest BCUT2D eigenvalue weighted by Crippen LogP contribution is -2.60. The summed E-state index contributed by atoms with van der Waals surface area (Å²) in [5.74, 6) is 0. The van der Waals surface area contributed by atoms with Crippen LogP contribution >= 0.6 is 0 Å². The first-order valence-electron chi connectivity index (χ1n) is 4.45. The van der Waals surface area contributed by atoms with Gasteiger partial charge in [-0.05, 0) is 19.5 Å². The molecule has 0 saturated carbocycles. The molecule has 6 heteroatoms. The third kappa shape index (κ3) is 4.66. The number of hydrazine groups is 1. The maximum atomic E-state index is 9.85. The van der Waals surface area contributed by atoms with Gasteiger partial charge in [-0.1, -0.05) is 0 Å². The number of hydrogen-bond acceptors (Lipinski definition) is 4. The van der Waals surface area contributed by atoms with Crippen LogP contribution in [0.15, 0.2) is 0 Å². The molecule has 2 saturated heterocycles. The van der Waals surface area contributed by atoms with Gasteiger partial charge in [-0.15, -0.1) is 0 Å². The Balaban J connectivity index is 0.000000175. The first-order chi connectivity index (χ1) is 6.29. The predicted molar refractivity (Wildman–Crippen MR) is 48.4 cm³/mol. The van der Waals surface area contributed by atoms with Gasteiger partial charge in [0, 0.05) is 13.1 Å². The molecule has 2 aliphatic heterocycles. The van der Waals surface area contributed by atoms with Gasteiger partial charge in [0.25, 0.3) is 0 Å². The highest BCUT2D eigenvalue weighted by atomic mass is 16.4. The van der Waals surface area contributed by atoms with Gasteiger partial charge >= 0.3 is 6.09 Å². The molecular formula is C7H16N4O2. The van der Waals surface area contributed by atoms with E-state index in [0.717, 1.165) is 13.1 Å². The molecule has 13 heavy (non-hydrogen) atoms. The molecule has 2 aliphatic rings. The number of carboxylic acid groups (broad SMARTS) is 1. The van der Waals surface area contributed by atoms with E-state index in [1.54, 1.807) is 0 Å². The van der Waals surface area contributed by atoms with Crippen LogP contribution in [0.25, 0.3) is 0 Å². The summed E-state index contributed by atoms with van der Waals surface area (Å²) in [6, 6.07) is 0.265. The molecule has 0 radical (unpaired) electrons. The number of hydrogen-bond donors (Lipinski definition) is 5. The Morgan fingerprint density at radius 1 is 1.31 bits per heavy atom. The molecule has 0 bridgehead atoms. The lowest BCUT2D eigenvalue weighted by molar-refractivity contribution is 0.182. The third-order valence-corrected chi connectivity index (χ3v) is 1.87. The van der Waals surface area contributed by atoms with Gasteiger partial charge in [-0.25, -0.2) is 10.2 Å². The van der Waals surface area contributed by atoms with Gasteiger partial charge in [0.2, 0.25) is 0 Å². The Morgan fingerprint density at radius 3 is 2.08 bits per heavy atom. The molecule has 0 aliphatic carbocycles. The highest BCUT2D eigenvalue weighted by Gasteiger charge is 2.15. The summed E-state index contributed by atoms with van der Waals surface area (Å²) in [5.41, 5.74) is 4.68. The molecule has 2 rings (SSSR count). The molecule has 2 fully saturated rings. The van der Waals surface area contributed by atoms with Gasteiger partial charge in [-0.2, -0.15) is 0 Å².